The zero-order valence-corrected chi connectivity index (χ0v) is 16.7. The summed E-state index contributed by atoms with van der Waals surface area (Å²) in [6.07, 6.45) is 1.64. The average molecular weight is 391 g/mol. The number of nitrogens with one attached hydrogen (secondary N) is 1. The molecule has 1 fully saturated rings. The van der Waals surface area contributed by atoms with Crippen molar-refractivity contribution in [1.82, 2.24) is 10.3 Å². The summed E-state index contributed by atoms with van der Waals surface area (Å²) in [5, 5.41) is 5.12. The highest BCUT2D eigenvalue weighted by Gasteiger charge is 2.23. The highest BCUT2D eigenvalue weighted by atomic mass is 16.5. The molecule has 0 bridgehead atoms. The Morgan fingerprint density at radius 1 is 1.21 bits per heavy atom. The number of benzene rings is 2. The van der Waals surface area contributed by atoms with Crippen LogP contribution >= 0.6 is 0 Å². The molecular formula is C23H25N3O3. The lowest BCUT2D eigenvalue weighted by molar-refractivity contribution is 0.0396. The van der Waals surface area contributed by atoms with Crippen LogP contribution in [0.25, 0.3) is 10.8 Å². The maximum absolute atomic E-state index is 12.1. The van der Waals surface area contributed by atoms with Gasteiger partial charge in [0.1, 0.15) is 17.7 Å². The van der Waals surface area contributed by atoms with Crippen LogP contribution in [0, 0.1) is 0 Å². The van der Waals surface area contributed by atoms with Crippen molar-refractivity contribution in [2.24, 2.45) is 0 Å². The molecule has 1 N–H and O–H groups in total. The zero-order chi connectivity index (χ0) is 20.2. The largest absolute Gasteiger partial charge is 0.497 e. The number of carbonyl (C=O) groups excluding carboxylic acids is 1. The van der Waals surface area contributed by atoms with Crippen LogP contribution in [-0.2, 0) is 4.74 Å². The van der Waals surface area contributed by atoms with Crippen LogP contribution in [0.2, 0.25) is 0 Å². The Kier molecular flexibility index (Phi) is 5.62. The summed E-state index contributed by atoms with van der Waals surface area (Å²) < 4.78 is 11.4. The summed E-state index contributed by atoms with van der Waals surface area (Å²) in [5.41, 5.74) is 1.76. The molecule has 150 valence electrons. The molecule has 3 aromatic rings. The van der Waals surface area contributed by atoms with Crippen LogP contribution in [0.1, 0.15) is 28.9 Å². The number of aromatic nitrogens is 1. The molecular weight excluding hydrogens is 366 g/mol. The summed E-state index contributed by atoms with van der Waals surface area (Å²) in [4.78, 5) is 18.8. The number of pyridine rings is 1. The first-order chi connectivity index (χ1) is 14.2. The molecule has 2 heterocycles. The van der Waals surface area contributed by atoms with Gasteiger partial charge < -0.3 is 19.7 Å². The van der Waals surface area contributed by atoms with Gasteiger partial charge in [0.2, 0.25) is 0 Å². The lowest BCUT2D eigenvalue weighted by Gasteiger charge is -2.34. The molecule has 0 saturated carbocycles. The second-order valence-corrected chi connectivity index (χ2v) is 7.04. The van der Waals surface area contributed by atoms with Gasteiger partial charge in [-0.15, -0.1) is 0 Å². The van der Waals surface area contributed by atoms with Crippen LogP contribution in [0.5, 0.6) is 5.75 Å². The lowest BCUT2D eigenvalue weighted by Crippen LogP contribution is -2.39. The Bertz CT molecular complexity index is 1020. The predicted octanol–water partition coefficient (Wildman–Crippen LogP) is 3.57. The fraction of sp³-hybridized carbons (Fsp3) is 0.304. The van der Waals surface area contributed by atoms with Gasteiger partial charge in [-0.25, -0.2) is 4.98 Å². The van der Waals surface area contributed by atoms with Crippen LogP contribution in [0.15, 0.2) is 54.7 Å². The molecule has 0 spiro atoms. The van der Waals surface area contributed by atoms with Gasteiger partial charge in [0, 0.05) is 31.4 Å². The first kappa shape index (κ1) is 19.2. The molecule has 4 rings (SSSR count). The van der Waals surface area contributed by atoms with Crippen molar-refractivity contribution in [3.8, 4) is 5.75 Å². The summed E-state index contributed by atoms with van der Waals surface area (Å²) >= 11 is 0. The van der Waals surface area contributed by atoms with E-state index in [1.54, 1.807) is 19.4 Å². The number of carbonyl (C=O) groups is 1. The first-order valence-corrected chi connectivity index (χ1v) is 9.86. The number of nitrogens with zero attached hydrogens (tertiary/aromatic N) is 2. The van der Waals surface area contributed by atoms with Crippen molar-refractivity contribution >= 4 is 22.5 Å². The topological polar surface area (TPSA) is 63.7 Å². The number of rotatable bonds is 5. The molecule has 1 aliphatic heterocycles. The highest BCUT2D eigenvalue weighted by molar-refractivity contribution is 5.94. The minimum absolute atomic E-state index is 0.0508. The zero-order valence-electron chi connectivity index (χ0n) is 16.7. The van der Waals surface area contributed by atoms with Gasteiger partial charge in [-0.1, -0.05) is 18.2 Å². The number of anilines is 1. The van der Waals surface area contributed by atoms with Crippen molar-refractivity contribution < 1.29 is 14.3 Å². The molecule has 6 nitrogen and oxygen atoms in total. The van der Waals surface area contributed by atoms with Crippen molar-refractivity contribution in [3.05, 3.63) is 65.9 Å². The van der Waals surface area contributed by atoms with Crippen LogP contribution in [0.3, 0.4) is 0 Å². The summed E-state index contributed by atoms with van der Waals surface area (Å²) in [5.74, 6) is 1.57. The minimum Gasteiger partial charge on any atom is -0.497 e. The second kappa shape index (κ2) is 8.49. The van der Waals surface area contributed by atoms with E-state index < -0.39 is 0 Å². The standard InChI is InChI=1S/C23H25N3O3/c1-3-24-23(27)19-8-9-25-22(14-19)26-10-11-29-21(15-26)18-5-4-17-13-20(28-2)7-6-16(17)12-18/h4-9,12-14,21H,3,10-11,15H2,1-2H3,(H,24,27). The van der Waals surface area contributed by atoms with Gasteiger partial charge in [-0.05, 0) is 53.6 Å². The molecule has 1 atom stereocenters. The fourth-order valence-corrected chi connectivity index (χ4v) is 3.62. The van der Waals surface area contributed by atoms with Crippen LogP contribution in [-0.4, -0.2) is 44.2 Å². The van der Waals surface area contributed by atoms with Crippen molar-refractivity contribution in [3.63, 3.8) is 0 Å². The summed E-state index contributed by atoms with van der Waals surface area (Å²) in [6.45, 7) is 4.55. The minimum atomic E-state index is -0.0779. The lowest BCUT2D eigenvalue weighted by atomic mass is 10.0. The first-order valence-electron chi connectivity index (χ1n) is 9.86. The van der Waals surface area contributed by atoms with Crippen molar-refractivity contribution in [2.75, 3.05) is 38.3 Å². The van der Waals surface area contributed by atoms with Gasteiger partial charge in [0.25, 0.3) is 5.91 Å². The Morgan fingerprint density at radius 3 is 2.86 bits per heavy atom. The number of ether oxygens (including phenoxy) is 2. The van der Waals surface area contributed by atoms with E-state index >= 15 is 0 Å². The summed E-state index contributed by atoms with van der Waals surface area (Å²) in [6, 6.07) is 16.0. The monoisotopic (exact) mass is 391 g/mol. The molecule has 1 aromatic heterocycles. The van der Waals surface area contributed by atoms with Gasteiger partial charge in [0.05, 0.1) is 13.7 Å². The molecule has 1 saturated heterocycles. The molecule has 2 aromatic carbocycles. The van der Waals surface area contributed by atoms with Gasteiger partial charge in [-0.2, -0.15) is 0 Å². The number of methoxy groups -OCH3 is 1. The number of morpholine rings is 1. The number of amides is 1. The average Bonchev–Trinajstić information content (AvgIpc) is 2.78. The number of hydrogen-bond acceptors (Lipinski definition) is 5. The third-order valence-corrected chi connectivity index (χ3v) is 5.18. The Morgan fingerprint density at radius 2 is 2.03 bits per heavy atom. The molecule has 1 amide bonds. The number of fused-ring (bicyclic) bond motifs is 1. The molecule has 29 heavy (non-hydrogen) atoms. The van der Waals surface area contributed by atoms with E-state index in [2.05, 4.69) is 39.5 Å². The van der Waals surface area contributed by atoms with E-state index in [0.717, 1.165) is 34.4 Å². The SMILES string of the molecule is CCNC(=O)c1ccnc(N2CCOC(c3ccc4cc(OC)ccc4c3)C2)c1. The third-order valence-electron chi connectivity index (χ3n) is 5.18. The molecule has 0 radical (unpaired) electrons. The van der Waals surface area contributed by atoms with Gasteiger partial charge in [0.15, 0.2) is 0 Å². The normalized spacial score (nSPS) is 16.6. The fourth-order valence-electron chi connectivity index (χ4n) is 3.62. The summed E-state index contributed by atoms with van der Waals surface area (Å²) in [7, 11) is 1.68. The molecule has 6 heteroatoms. The van der Waals surface area contributed by atoms with Crippen LogP contribution < -0.4 is 15.0 Å². The van der Waals surface area contributed by atoms with E-state index in [1.807, 2.05) is 25.1 Å². The number of hydrogen-bond donors (Lipinski definition) is 1. The quantitative estimate of drug-likeness (QED) is 0.720. The highest BCUT2D eigenvalue weighted by Crippen LogP contribution is 2.29. The maximum Gasteiger partial charge on any atom is 0.251 e. The second-order valence-electron chi connectivity index (χ2n) is 7.04. The third kappa shape index (κ3) is 4.17. The van der Waals surface area contributed by atoms with E-state index in [9.17, 15) is 4.79 Å². The van der Waals surface area contributed by atoms with Crippen molar-refractivity contribution in [2.45, 2.75) is 13.0 Å². The molecule has 1 unspecified atom stereocenters. The van der Waals surface area contributed by atoms with E-state index in [0.29, 0.717) is 25.3 Å². The van der Waals surface area contributed by atoms with Crippen LogP contribution in [0.4, 0.5) is 5.82 Å². The molecule has 1 aliphatic rings. The maximum atomic E-state index is 12.1. The van der Waals surface area contributed by atoms with E-state index in [-0.39, 0.29) is 12.0 Å². The smallest absolute Gasteiger partial charge is 0.251 e. The van der Waals surface area contributed by atoms with E-state index in [1.165, 1.54) is 0 Å². The van der Waals surface area contributed by atoms with Crippen molar-refractivity contribution in [1.29, 1.82) is 0 Å². The Hall–Kier alpha value is -3.12. The van der Waals surface area contributed by atoms with E-state index in [4.69, 9.17) is 9.47 Å². The predicted molar refractivity (Wildman–Crippen MR) is 114 cm³/mol. The van der Waals surface area contributed by atoms with Gasteiger partial charge in [-0.3, -0.25) is 4.79 Å². The molecule has 0 aliphatic carbocycles. The Balaban J connectivity index is 1.55. The van der Waals surface area contributed by atoms with Gasteiger partial charge >= 0.3 is 0 Å². The Labute approximate surface area is 170 Å².